The fraction of sp³-hybridized carbons (Fsp3) is 0.400. The van der Waals surface area contributed by atoms with E-state index in [2.05, 4.69) is 12.2 Å². The molecule has 2 amide bonds. The van der Waals surface area contributed by atoms with Gasteiger partial charge in [0.2, 0.25) is 5.91 Å². The second kappa shape index (κ2) is 11.5. The fourth-order valence-electron chi connectivity index (χ4n) is 3.51. The molecule has 0 bridgehead atoms. The first-order chi connectivity index (χ1) is 15.9. The van der Waals surface area contributed by atoms with Crippen LogP contribution in [0.4, 0.5) is 5.69 Å². The van der Waals surface area contributed by atoms with Crippen molar-refractivity contribution in [1.29, 1.82) is 0 Å². The van der Waals surface area contributed by atoms with Crippen molar-refractivity contribution in [2.75, 3.05) is 51.8 Å². The van der Waals surface area contributed by atoms with Crippen LogP contribution in [0.25, 0.3) is 0 Å². The Morgan fingerprint density at radius 3 is 2.73 bits per heavy atom. The van der Waals surface area contributed by atoms with Crippen molar-refractivity contribution in [2.24, 2.45) is 0 Å². The number of ketones is 1. The number of ether oxygens (including phenoxy) is 2. The Labute approximate surface area is 194 Å². The SMILES string of the molecule is CCCc1ccccc1OCC(=O)c1ccc2c(c1)N(CC(=O)NCCN(C)C)C(=O)CO2. The van der Waals surface area contributed by atoms with Crippen molar-refractivity contribution in [2.45, 2.75) is 19.8 Å². The first-order valence-electron chi connectivity index (χ1n) is 11.1. The maximum atomic E-state index is 12.8. The van der Waals surface area contributed by atoms with Crippen molar-refractivity contribution < 1.29 is 23.9 Å². The summed E-state index contributed by atoms with van der Waals surface area (Å²) in [6, 6.07) is 12.6. The summed E-state index contributed by atoms with van der Waals surface area (Å²) in [5.41, 5.74) is 1.85. The summed E-state index contributed by atoms with van der Waals surface area (Å²) < 4.78 is 11.3. The van der Waals surface area contributed by atoms with Gasteiger partial charge in [-0.05, 0) is 50.3 Å². The molecule has 0 aliphatic carbocycles. The molecule has 0 saturated carbocycles. The van der Waals surface area contributed by atoms with E-state index >= 15 is 0 Å². The summed E-state index contributed by atoms with van der Waals surface area (Å²) in [7, 11) is 3.83. The van der Waals surface area contributed by atoms with Gasteiger partial charge in [0.05, 0.1) is 5.69 Å². The molecule has 0 aromatic heterocycles. The number of benzene rings is 2. The summed E-state index contributed by atoms with van der Waals surface area (Å²) in [5.74, 6) is 0.324. The predicted octanol–water partition coefficient (Wildman–Crippen LogP) is 2.30. The van der Waals surface area contributed by atoms with Gasteiger partial charge in [0.25, 0.3) is 5.91 Å². The molecule has 1 N–H and O–H groups in total. The van der Waals surface area contributed by atoms with Crippen LogP contribution >= 0.6 is 0 Å². The number of anilines is 1. The van der Waals surface area contributed by atoms with Crippen molar-refractivity contribution in [3.05, 3.63) is 53.6 Å². The summed E-state index contributed by atoms with van der Waals surface area (Å²) >= 11 is 0. The largest absolute Gasteiger partial charge is 0.485 e. The molecule has 0 radical (unpaired) electrons. The number of carbonyl (C=O) groups is 3. The van der Waals surface area contributed by atoms with Crippen LogP contribution in [0.5, 0.6) is 11.5 Å². The van der Waals surface area contributed by atoms with Crippen molar-refractivity contribution in [3.8, 4) is 11.5 Å². The summed E-state index contributed by atoms with van der Waals surface area (Å²) in [6.45, 7) is 2.85. The number of fused-ring (bicyclic) bond motifs is 1. The fourth-order valence-corrected chi connectivity index (χ4v) is 3.51. The number of rotatable bonds is 11. The third-order valence-corrected chi connectivity index (χ3v) is 5.26. The number of likely N-dealkylation sites (N-methyl/N-ethyl adjacent to an activating group) is 1. The van der Waals surface area contributed by atoms with E-state index in [1.807, 2.05) is 43.3 Å². The number of hydrogen-bond donors (Lipinski definition) is 1. The van der Waals surface area contributed by atoms with E-state index in [-0.39, 0.29) is 37.4 Å². The number of amides is 2. The molecule has 0 spiro atoms. The smallest absolute Gasteiger partial charge is 0.265 e. The average Bonchev–Trinajstić information content (AvgIpc) is 2.80. The van der Waals surface area contributed by atoms with E-state index in [4.69, 9.17) is 9.47 Å². The molecule has 3 rings (SSSR count). The molecular formula is C25H31N3O5. The van der Waals surface area contributed by atoms with Gasteiger partial charge in [0.1, 0.15) is 18.0 Å². The number of hydrogen-bond acceptors (Lipinski definition) is 6. The minimum atomic E-state index is -0.334. The van der Waals surface area contributed by atoms with E-state index in [0.29, 0.717) is 35.8 Å². The molecule has 8 heteroatoms. The highest BCUT2D eigenvalue weighted by Gasteiger charge is 2.28. The molecule has 0 fully saturated rings. The van der Waals surface area contributed by atoms with Gasteiger partial charge < -0.3 is 19.7 Å². The minimum Gasteiger partial charge on any atom is -0.485 e. The molecule has 1 aliphatic heterocycles. The van der Waals surface area contributed by atoms with Gasteiger partial charge in [0.15, 0.2) is 19.0 Å². The second-order valence-corrected chi connectivity index (χ2v) is 8.17. The molecule has 0 saturated heterocycles. The van der Waals surface area contributed by atoms with Gasteiger partial charge in [-0.15, -0.1) is 0 Å². The number of nitrogens with zero attached hydrogens (tertiary/aromatic N) is 2. The molecule has 0 unspecified atom stereocenters. The molecular weight excluding hydrogens is 422 g/mol. The molecule has 2 aromatic carbocycles. The maximum Gasteiger partial charge on any atom is 0.265 e. The van der Waals surface area contributed by atoms with Crippen LogP contribution in [0.1, 0.15) is 29.3 Å². The quantitative estimate of drug-likeness (QED) is 0.526. The standard InChI is InChI=1S/C25H31N3O5/c1-4-7-18-8-5-6-9-22(18)32-16-21(29)19-10-11-23-20(14-19)28(25(31)17-33-23)15-24(30)26-12-13-27(2)3/h5-6,8-11,14H,4,7,12-13,15-17H2,1-3H3,(H,26,30). The van der Waals surface area contributed by atoms with Crippen LogP contribution in [0.2, 0.25) is 0 Å². The topological polar surface area (TPSA) is 88.2 Å². The van der Waals surface area contributed by atoms with Gasteiger partial charge in [0, 0.05) is 18.7 Å². The lowest BCUT2D eigenvalue weighted by Crippen LogP contribution is -2.46. The summed E-state index contributed by atoms with van der Waals surface area (Å²) in [4.78, 5) is 41.0. The Balaban J connectivity index is 1.70. The van der Waals surface area contributed by atoms with E-state index in [0.717, 1.165) is 18.4 Å². The Morgan fingerprint density at radius 2 is 1.97 bits per heavy atom. The molecule has 8 nitrogen and oxygen atoms in total. The zero-order chi connectivity index (χ0) is 23.8. The summed E-state index contributed by atoms with van der Waals surface area (Å²) in [5, 5.41) is 2.80. The van der Waals surface area contributed by atoms with Crippen LogP contribution in [0, 0.1) is 0 Å². The van der Waals surface area contributed by atoms with Crippen LogP contribution in [0.15, 0.2) is 42.5 Å². The number of aryl methyl sites for hydroxylation is 1. The van der Waals surface area contributed by atoms with Crippen LogP contribution in [0.3, 0.4) is 0 Å². The lowest BCUT2D eigenvalue weighted by Gasteiger charge is -2.29. The molecule has 33 heavy (non-hydrogen) atoms. The number of para-hydroxylation sites is 1. The van der Waals surface area contributed by atoms with E-state index < -0.39 is 0 Å². The third kappa shape index (κ3) is 6.55. The normalized spacial score (nSPS) is 12.8. The molecule has 176 valence electrons. The lowest BCUT2D eigenvalue weighted by molar-refractivity contribution is -0.125. The number of carbonyl (C=O) groups excluding carboxylic acids is 3. The monoisotopic (exact) mass is 453 g/mol. The van der Waals surface area contributed by atoms with Gasteiger partial charge in [-0.3, -0.25) is 19.3 Å². The minimum absolute atomic E-state index is 0.126. The van der Waals surface area contributed by atoms with Crippen molar-refractivity contribution in [3.63, 3.8) is 0 Å². The number of Topliss-reactive ketones (excluding diaryl/α,β-unsaturated/α-hetero) is 1. The maximum absolute atomic E-state index is 12.8. The Bertz CT molecular complexity index is 1010. The zero-order valence-corrected chi connectivity index (χ0v) is 19.4. The molecule has 1 aliphatic rings. The summed E-state index contributed by atoms with van der Waals surface area (Å²) in [6.07, 6.45) is 1.85. The van der Waals surface area contributed by atoms with Crippen LogP contribution in [-0.2, 0) is 16.0 Å². The van der Waals surface area contributed by atoms with Crippen molar-refractivity contribution in [1.82, 2.24) is 10.2 Å². The van der Waals surface area contributed by atoms with E-state index in [1.165, 1.54) is 4.90 Å². The third-order valence-electron chi connectivity index (χ3n) is 5.26. The first kappa shape index (κ1) is 24.3. The second-order valence-electron chi connectivity index (χ2n) is 8.17. The van der Waals surface area contributed by atoms with Gasteiger partial charge in [-0.2, -0.15) is 0 Å². The molecule has 0 atom stereocenters. The number of nitrogens with one attached hydrogen (secondary N) is 1. The highest BCUT2D eigenvalue weighted by molar-refractivity contribution is 6.04. The van der Waals surface area contributed by atoms with Gasteiger partial charge in [-0.1, -0.05) is 31.5 Å². The van der Waals surface area contributed by atoms with E-state index in [1.54, 1.807) is 18.2 Å². The van der Waals surface area contributed by atoms with Gasteiger partial charge in [-0.25, -0.2) is 0 Å². The van der Waals surface area contributed by atoms with Crippen LogP contribution in [-0.4, -0.2) is 69.4 Å². The Kier molecular flexibility index (Phi) is 8.43. The molecule has 1 heterocycles. The Morgan fingerprint density at radius 1 is 1.18 bits per heavy atom. The van der Waals surface area contributed by atoms with E-state index in [9.17, 15) is 14.4 Å². The van der Waals surface area contributed by atoms with Gasteiger partial charge >= 0.3 is 0 Å². The highest BCUT2D eigenvalue weighted by atomic mass is 16.5. The first-order valence-corrected chi connectivity index (χ1v) is 11.1. The Hall–Kier alpha value is -3.39. The highest BCUT2D eigenvalue weighted by Crippen LogP contribution is 2.33. The predicted molar refractivity (Wildman–Crippen MR) is 126 cm³/mol. The van der Waals surface area contributed by atoms with Crippen molar-refractivity contribution >= 4 is 23.3 Å². The van der Waals surface area contributed by atoms with Crippen LogP contribution < -0.4 is 19.7 Å². The molecule has 2 aromatic rings. The average molecular weight is 454 g/mol. The lowest BCUT2D eigenvalue weighted by atomic mass is 10.1. The zero-order valence-electron chi connectivity index (χ0n) is 19.4.